The molecular formula is C10H12F3N3O. The van der Waals surface area contributed by atoms with E-state index < -0.39 is 18.6 Å². The van der Waals surface area contributed by atoms with E-state index in [9.17, 15) is 18.0 Å². The van der Waals surface area contributed by atoms with Crippen LogP contribution in [0.4, 0.5) is 18.9 Å². The van der Waals surface area contributed by atoms with Crippen molar-refractivity contribution in [1.29, 1.82) is 0 Å². The van der Waals surface area contributed by atoms with Gasteiger partial charge in [0.1, 0.15) is 6.54 Å². The molecule has 0 aliphatic heterocycles. The molecule has 0 fully saturated rings. The number of alkyl halides is 3. The summed E-state index contributed by atoms with van der Waals surface area (Å²) < 4.78 is 35.8. The number of amides is 1. The Morgan fingerprint density at radius 2 is 2.18 bits per heavy atom. The Morgan fingerprint density at radius 3 is 2.76 bits per heavy atom. The monoisotopic (exact) mass is 247 g/mol. The average molecular weight is 247 g/mol. The van der Waals surface area contributed by atoms with Gasteiger partial charge in [-0.1, -0.05) is 0 Å². The first-order chi connectivity index (χ1) is 7.94. The highest BCUT2D eigenvalue weighted by atomic mass is 19.4. The number of carbonyl (C=O) groups is 1. The molecule has 0 saturated carbocycles. The number of rotatable bonds is 4. The van der Waals surface area contributed by atoms with Crippen LogP contribution in [0.5, 0.6) is 0 Å². The third-order valence-corrected chi connectivity index (χ3v) is 1.88. The summed E-state index contributed by atoms with van der Waals surface area (Å²) in [7, 11) is 0. The molecule has 0 bridgehead atoms. The molecule has 0 atom stereocenters. The summed E-state index contributed by atoms with van der Waals surface area (Å²) in [4.78, 5) is 15.2. The molecule has 94 valence electrons. The summed E-state index contributed by atoms with van der Waals surface area (Å²) in [5, 5.41) is 4.67. The molecule has 2 N–H and O–H groups in total. The molecule has 4 nitrogen and oxygen atoms in total. The highest BCUT2D eigenvalue weighted by Crippen LogP contribution is 2.15. The van der Waals surface area contributed by atoms with Crippen LogP contribution in [-0.4, -0.2) is 30.2 Å². The Morgan fingerprint density at radius 1 is 1.47 bits per heavy atom. The van der Waals surface area contributed by atoms with Gasteiger partial charge in [0.05, 0.1) is 11.3 Å². The van der Waals surface area contributed by atoms with Gasteiger partial charge in [0.15, 0.2) is 0 Å². The van der Waals surface area contributed by atoms with Crippen molar-refractivity contribution in [2.45, 2.75) is 13.1 Å². The van der Waals surface area contributed by atoms with Gasteiger partial charge in [-0.3, -0.25) is 9.78 Å². The third kappa shape index (κ3) is 4.29. The summed E-state index contributed by atoms with van der Waals surface area (Å²) in [6.45, 7) is 1.02. The Labute approximate surface area is 96.2 Å². The summed E-state index contributed by atoms with van der Waals surface area (Å²) in [6.07, 6.45) is -1.74. The number of carbonyl (C=O) groups excluding carboxylic acids is 1. The number of pyridine rings is 1. The van der Waals surface area contributed by atoms with Crippen molar-refractivity contribution in [2.24, 2.45) is 0 Å². The van der Waals surface area contributed by atoms with E-state index in [-0.39, 0.29) is 5.56 Å². The number of nitrogens with zero attached hydrogens (tertiary/aromatic N) is 1. The molecule has 0 aliphatic carbocycles. The van der Waals surface area contributed by atoms with Gasteiger partial charge in [0.2, 0.25) is 0 Å². The normalized spacial score (nSPS) is 11.1. The number of aromatic nitrogens is 1. The van der Waals surface area contributed by atoms with Gasteiger partial charge in [-0.25, -0.2) is 0 Å². The van der Waals surface area contributed by atoms with E-state index in [1.165, 1.54) is 18.5 Å². The minimum absolute atomic E-state index is 0.0959. The van der Waals surface area contributed by atoms with Crippen LogP contribution >= 0.6 is 0 Å². The molecule has 0 aliphatic rings. The van der Waals surface area contributed by atoms with Gasteiger partial charge in [-0.2, -0.15) is 13.2 Å². The first-order valence-corrected chi connectivity index (χ1v) is 4.97. The second-order valence-electron chi connectivity index (χ2n) is 3.25. The van der Waals surface area contributed by atoms with E-state index in [0.29, 0.717) is 12.2 Å². The van der Waals surface area contributed by atoms with Crippen molar-refractivity contribution in [3.8, 4) is 0 Å². The van der Waals surface area contributed by atoms with Gasteiger partial charge < -0.3 is 10.6 Å². The maximum Gasteiger partial charge on any atom is 0.405 e. The first kappa shape index (κ1) is 13.3. The summed E-state index contributed by atoms with van der Waals surface area (Å²) in [5.41, 5.74) is 0.556. The third-order valence-electron chi connectivity index (χ3n) is 1.88. The largest absolute Gasteiger partial charge is 0.405 e. The first-order valence-electron chi connectivity index (χ1n) is 4.97. The zero-order valence-corrected chi connectivity index (χ0v) is 9.14. The zero-order chi connectivity index (χ0) is 12.9. The van der Waals surface area contributed by atoms with Gasteiger partial charge >= 0.3 is 6.18 Å². The topological polar surface area (TPSA) is 54.0 Å². The molecule has 0 saturated heterocycles. The van der Waals surface area contributed by atoms with E-state index in [1.807, 2.05) is 6.92 Å². The number of halogens is 3. The average Bonchev–Trinajstić information content (AvgIpc) is 2.26. The fraction of sp³-hybridized carbons (Fsp3) is 0.400. The van der Waals surface area contributed by atoms with Crippen LogP contribution in [0.15, 0.2) is 18.5 Å². The Bertz CT molecular complexity index is 393. The van der Waals surface area contributed by atoms with Crippen molar-refractivity contribution in [3.05, 3.63) is 24.0 Å². The number of nitrogens with one attached hydrogen (secondary N) is 2. The van der Waals surface area contributed by atoms with Crippen LogP contribution in [0, 0.1) is 0 Å². The molecule has 1 amide bonds. The molecule has 1 aromatic rings. The molecule has 17 heavy (non-hydrogen) atoms. The molecule has 0 radical (unpaired) electrons. The van der Waals surface area contributed by atoms with Crippen LogP contribution in [0.1, 0.15) is 17.3 Å². The van der Waals surface area contributed by atoms with E-state index in [4.69, 9.17) is 0 Å². The summed E-state index contributed by atoms with van der Waals surface area (Å²) in [6, 6.07) is 1.53. The number of anilines is 1. The smallest absolute Gasteiger partial charge is 0.385 e. The summed E-state index contributed by atoms with van der Waals surface area (Å²) >= 11 is 0. The standard InChI is InChI=1S/C10H12F3N3O/c1-2-15-8-3-4-14-5-7(8)9(17)16-6-10(11,12)13/h3-5H,2,6H2,1H3,(H,14,15)(H,16,17). The molecule has 1 rings (SSSR count). The fourth-order valence-electron chi connectivity index (χ4n) is 1.20. The van der Waals surface area contributed by atoms with Gasteiger partial charge in [0, 0.05) is 18.9 Å². The van der Waals surface area contributed by atoms with E-state index in [2.05, 4.69) is 10.3 Å². The second-order valence-corrected chi connectivity index (χ2v) is 3.25. The molecule has 7 heteroatoms. The summed E-state index contributed by atoms with van der Waals surface area (Å²) in [5.74, 6) is -0.800. The van der Waals surface area contributed by atoms with Crippen LogP contribution in [0.3, 0.4) is 0 Å². The number of hydrogen-bond donors (Lipinski definition) is 2. The van der Waals surface area contributed by atoms with Crippen molar-refractivity contribution >= 4 is 11.6 Å². The SMILES string of the molecule is CCNc1ccncc1C(=O)NCC(F)(F)F. The van der Waals surface area contributed by atoms with Gasteiger partial charge in [-0.05, 0) is 13.0 Å². The minimum Gasteiger partial charge on any atom is -0.385 e. The Balaban J connectivity index is 2.74. The van der Waals surface area contributed by atoms with Crippen LogP contribution in [0.2, 0.25) is 0 Å². The predicted octanol–water partition coefficient (Wildman–Crippen LogP) is 1.81. The van der Waals surface area contributed by atoms with E-state index >= 15 is 0 Å². The number of hydrogen-bond acceptors (Lipinski definition) is 3. The van der Waals surface area contributed by atoms with Gasteiger partial charge in [-0.15, -0.1) is 0 Å². The lowest BCUT2D eigenvalue weighted by atomic mass is 10.2. The fourth-order valence-corrected chi connectivity index (χ4v) is 1.20. The van der Waals surface area contributed by atoms with Gasteiger partial charge in [0.25, 0.3) is 5.91 Å². The Kier molecular flexibility index (Phi) is 4.30. The lowest BCUT2D eigenvalue weighted by molar-refractivity contribution is -0.123. The van der Waals surface area contributed by atoms with E-state index in [0.717, 1.165) is 0 Å². The molecule has 1 aromatic heterocycles. The molecular weight excluding hydrogens is 235 g/mol. The van der Waals surface area contributed by atoms with Crippen molar-refractivity contribution < 1.29 is 18.0 Å². The highest BCUT2D eigenvalue weighted by molar-refractivity contribution is 5.99. The lowest BCUT2D eigenvalue weighted by Gasteiger charge is -2.11. The maximum absolute atomic E-state index is 11.9. The van der Waals surface area contributed by atoms with Crippen molar-refractivity contribution in [1.82, 2.24) is 10.3 Å². The molecule has 0 spiro atoms. The lowest BCUT2D eigenvalue weighted by Crippen LogP contribution is -2.34. The van der Waals surface area contributed by atoms with Crippen LogP contribution < -0.4 is 10.6 Å². The predicted molar refractivity (Wildman–Crippen MR) is 56.8 cm³/mol. The highest BCUT2D eigenvalue weighted by Gasteiger charge is 2.28. The molecule has 0 aromatic carbocycles. The van der Waals surface area contributed by atoms with Crippen LogP contribution in [0.25, 0.3) is 0 Å². The molecule has 1 heterocycles. The van der Waals surface area contributed by atoms with E-state index in [1.54, 1.807) is 5.32 Å². The molecule has 0 unspecified atom stereocenters. The van der Waals surface area contributed by atoms with Crippen molar-refractivity contribution in [3.63, 3.8) is 0 Å². The second kappa shape index (κ2) is 5.51. The quantitative estimate of drug-likeness (QED) is 0.853. The van der Waals surface area contributed by atoms with Crippen molar-refractivity contribution in [2.75, 3.05) is 18.4 Å². The Hall–Kier alpha value is -1.79. The maximum atomic E-state index is 11.9. The zero-order valence-electron chi connectivity index (χ0n) is 9.14. The minimum atomic E-state index is -4.42. The van der Waals surface area contributed by atoms with Crippen LogP contribution in [-0.2, 0) is 0 Å².